The van der Waals surface area contributed by atoms with Gasteiger partial charge in [0.2, 0.25) is 0 Å². The lowest BCUT2D eigenvalue weighted by molar-refractivity contribution is -0.120. The van der Waals surface area contributed by atoms with Gasteiger partial charge in [0.15, 0.2) is 5.78 Å². The van der Waals surface area contributed by atoms with Crippen molar-refractivity contribution >= 4 is 5.78 Å². The first-order valence-corrected chi connectivity index (χ1v) is 4.58. The number of carbonyl (C=O) groups is 1. The molecule has 2 heteroatoms. The van der Waals surface area contributed by atoms with Crippen molar-refractivity contribution in [3.63, 3.8) is 0 Å². The number of ketones is 1. The van der Waals surface area contributed by atoms with Crippen molar-refractivity contribution in [3.8, 4) is 0 Å². The summed E-state index contributed by atoms with van der Waals surface area (Å²) in [7, 11) is 0. The monoisotopic (exact) mass is 167 g/mol. The van der Waals surface area contributed by atoms with E-state index in [2.05, 4.69) is 6.58 Å². The average molecular weight is 167 g/mol. The molecular weight excluding hydrogens is 150 g/mol. The Morgan fingerprint density at radius 2 is 2.00 bits per heavy atom. The molecule has 1 saturated carbocycles. The van der Waals surface area contributed by atoms with Crippen LogP contribution in [0.1, 0.15) is 32.6 Å². The Morgan fingerprint density at radius 1 is 1.42 bits per heavy atom. The molecule has 0 aromatic heterocycles. The minimum Gasteiger partial charge on any atom is -0.327 e. The Bertz CT molecular complexity index is 198. The van der Waals surface area contributed by atoms with Crippen LogP contribution in [0.3, 0.4) is 0 Å². The Morgan fingerprint density at radius 3 is 2.50 bits per heavy atom. The van der Waals surface area contributed by atoms with Crippen molar-refractivity contribution in [1.29, 1.82) is 0 Å². The third-order valence-electron chi connectivity index (χ3n) is 2.58. The Kier molecular flexibility index (Phi) is 3.04. The second-order valence-electron chi connectivity index (χ2n) is 3.70. The SMILES string of the molecule is C=C(C)C(=O)C1CCCCC1N. The zero-order valence-corrected chi connectivity index (χ0v) is 7.68. The van der Waals surface area contributed by atoms with Gasteiger partial charge in [0, 0.05) is 12.0 Å². The van der Waals surface area contributed by atoms with E-state index in [0.29, 0.717) is 5.57 Å². The van der Waals surface area contributed by atoms with Gasteiger partial charge in [-0.05, 0) is 25.3 Å². The number of carbonyl (C=O) groups excluding carboxylic acids is 1. The first-order valence-electron chi connectivity index (χ1n) is 4.58. The predicted octanol–water partition coefficient (Wildman–Crippen LogP) is 1.65. The van der Waals surface area contributed by atoms with Crippen molar-refractivity contribution in [2.24, 2.45) is 11.7 Å². The second kappa shape index (κ2) is 3.85. The topological polar surface area (TPSA) is 43.1 Å². The summed E-state index contributed by atoms with van der Waals surface area (Å²) in [5.74, 6) is 0.221. The summed E-state index contributed by atoms with van der Waals surface area (Å²) < 4.78 is 0. The standard InChI is InChI=1S/C10H17NO/c1-7(2)10(12)8-5-3-4-6-9(8)11/h8-9H,1,3-6,11H2,2H3. The van der Waals surface area contributed by atoms with E-state index in [-0.39, 0.29) is 17.7 Å². The zero-order valence-electron chi connectivity index (χ0n) is 7.68. The fraction of sp³-hybridized carbons (Fsp3) is 0.700. The van der Waals surface area contributed by atoms with Gasteiger partial charge < -0.3 is 5.73 Å². The fourth-order valence-electron chi connectivity index (χ4n) is 1.80. The summed E-state index contributed by atoms with van der Waals surface area (Å²) in [4.78, 5) is 11.5. The molecule has 2 unspecified atom stereocenters. The highest BCUT2D eigenvalue weighted by atomic mass is 16.1. The van der Waals surface area contributed by atoms with Gasteiger partial charge in [0.05, 0.1) is 0 Å². The third kappa shape index (κ3) is 1.95. The average Bonchev–Trinajstić information content (AvgIpc) is 2.04. The number of nitrogens with two attached hydrogens (primary N) is 1. The molecule has 0 radical (unpaired) electrons. The van der Waals surface area contributed by atoms with E-state index in [1.807, 2.05) is 0 Å². The molecule has 0 amide bonds. The molecule has 0 bridgehead atoms. The normalized spacial score (nSPS) is 29.8. The molecule has 1 aliphatic rings. The molecule has 1 aliphatic carbocycles. The summed E-state index contributed by atoms with van der Waals surface area (Å²) >= 11 is 0. The number of hydrogen-bond donors (Lipinski definition) is 1. The van der Waals surface area contributed by atoms with Crippen molar-refractivity contribution in [2.45, 2.75) is 38.6 Å². The number of allylic oxidation sites excluding steroid dienone is 1. The molecule has 1 fully saturated rings. The fourth-order valence-corrected chi connectivity index (χ4v) is 1.80. The van der Waals surface area contributed by atoms with Crippen LogP contribution in [0.4, 0.5) is 0 Å². The van der Waals surface area contributed by atoms with Gasteiger partial charge in [0.25, 0.3) is 0 Å². The molecule has 0 aromatic rings. The summed E-state index contributed by atoms with van der Waals surface area (Å²) in [6.45, 7) is 5.43. The smallest absolute Gasteiger partial charge is 0.162 e. The van der Waals surface area contributed by atoms with E-state index in [0.717, 1.165) is 19.3 Å². The van der Waals surface area contributed by atoms with Gasteiger partial charge in [-0.15, -0.1) is 0 Å². The van der Waals surface area contributed by atoms with Gasteiger partial charge in [0.1, 0.15) is 0 Å². The number of hydrogen-bond acceptors (Lipinski definition) is 2. The summed E-state index contributed by atoms with van der Waals surface area (Å²) in [5.41, 5.74) is 6.51. The van der Waals surface area contributed by atoms with Crippen LogP contribution >= 0.6 is 0 Å². The molecule has 2 atom stereocenters. The summed E-state index contributed by atoms with van der Waals surface area (Å²) in [5, 5.41) is 0. The lowest BCUT2D eigenvalue weighted by Crippen LogP contribution is -2.38. The molecule has 0 spiro atoms. The van der Waals surface area contributed by atoms with Crippen LogP contribution in [0, 0.1) is 5.92 Å². The van der Waals surface area contributed by atoms with Crippen LogP contribution < -0.4 is 5.73 Å². The zero-order chi connectivity index (χ0) is 9.14. The molecule has 2 nitrogen and oxygen atoms in total. The van der Waals surface area contributed by atoms with Gasteiger partial charge in [-0.2, -0.15) is 0 Å². The van der Waals surface area contributed by atoms with Crippen molar-refractivity contribution < 1.29 is 4.79 Å². The molecule has 2 N–H and O–H groups in total. The molecule has 0 aromatic carbocycles. The first-order chi connectivity index (χ1) is 5.63. The molecule has 12 heavy (non-hydrogen) atoms. The third-order valence-corrected chi connectivity index (χ3v) is 2.58. The largest absolute Gasteiger partial charge is 0.327 e. The first kappa shape index (κ1) is 9.46. The Labute approximate surface area is 73.8 Å². The minimum absolute atomic E-state index is 0.0521. The van der Waals surface area contributed by atoms with Crippen molar-refractivity contribution in [1.82, 2.24) is 0 Å². The van der Waals surface area contributed by atoms with E-state index < -0.39 is 0 Å². The highest BCUT2D eigenvalue weighted by molar-refractivity contribution is 5.96. The molecule has 1 rings (SSSR count). The molecule has 0 heterocycles. The van der Waals surface area contributed by atoms with Crippen LogP contribution in [0.5, 0.6) is 0 Å². The van der Waals surface area contributed by atoms with E-state index in [1.54, 1.807) is 6.92 Å². The number of Topliss-reactive ketones (excluding diaryl/α,β-unsaturated/α-hetero) is 1. The van der Waals surface area contributed by atoms with Crippen LogP contribution in [0.15, 0.2) is 12.2 Å². The molecule has 68 valence electrons. The van der Waals surface area contributed by atoms with E-state index in [4.69, 9.17) is 5.73 Å². The Balaban J connectivity index is 2.59. The van der Waals surface area contributed by atoms with Gasteiger partial charge in [-0.1, -0.05) is 19.4 Å². The summed E-state index contributed by atoms with van der Waals surface area (Å²) in [6.07, 6.45) is 4.25. The van der Waals surface area contributed by atoms with Gasteiger partial charge in [-0.3, -0.25) is 4.79 Å². The minimum atomic E-state index is 0.0521. The maximum atomic E-state index is 11.5. The van der Waals surface area contributed by atoms with Crippen LogP contribution in [0.25, 0.3) is 0 Å². The summed E-state index contributed by atoms with van der Waals surface area (Å²) in [6, 6.07) is 0.0722. The maximum Gasteiger partial charge on any atom is 0.162 e. The Hall–Kier alpha value is -0.630. The predicted molar refractivity (Wildman–Crippen MR) is 49.8 cm³/mol. The van der Waals surface area contributed by atoms with E-state index >= 15 is 0 Å². The lowest BCUT2D eigenvalue weighted by Gasteiger charge is -2.27. The highest BCUT2D eigenvalue weighted by Crippen LogP contribution is 2.25. The van der Waals surface area contributed by atoms with Gasteiger partial charge in [-0.25, -0.2) is 0 Å². The van der Waals surface area contributed by atoms with Crippen LogP contribution in [0.2, 0.25) is 0 Å². The van der Waals surface area contributed by atoms with Crippen LogP contribution in [-0.2, 0) is 4.79 Å². The molecule has 0 saturated heterocycles. The highest BCUT2D eigenvalue weighted by Gasteiger charge is 2.27. The lowest BCUT2D eigenvalue weighted by atomic mass is 9.81. The second-order valence-corrected chi connectivity index (χ2v) is 3.70. The van der Waals surface area contributed by atoms with Crippen LogP contribution in [-0.4, -0.2) is 11.8 Å². The van der Waals surface area contributed by atoms with Crippen molar-refractivity contribution in [3.05, 3.63) is 12.2 Å². The number of rotatable bonds is 2. The van der Waals surface area contributed by atoms with Crippen molar-refractivity contribution in [2.75, 3.05) is 0 Å². The quantitative estimate of drug-likeness (QED) is 0.635. The van der Waals surface area contributed by atoms with E-state index in [1.165, 1.54) is 6.42 Å². The maximum absolute atomic E-state index is 11.5. The molecule has 0 aliphatic heterocycles. The van der Waals surface area contributed by atoms with Gasteiger partial charge >= 0.3 is 0 Å². The van der Waals surface area contributed by atoms with E-state index in [9.17, 15) is 4.79 Å². The molecular formula is C10H17NO.